The summed E-state index contributed by atoms with van der Waals surface area (Å²) in [6.45, 7) is 5.31. The largest absolute Gasteiger partial charge is 0.359 e. The number of benzene rings is 1. The summed E-state index contributed by atoms with van der Waals surface area (Å²) in [4.78, 5) is 15.1. The maximum atomic E-state index is 4.70. The molecule has 5 nitrogen and oxygen atoms in total. The molecule has 3 aromatic rings. The average Bonchev–Trinajstić information content (AvgIpc) is 3.21. The van der Waals surface area contributed by atoms with Crippen LogP contribution in [0.2, 0.25) is 0 Å². The van der Waals surface area contributed by atoms with E-state index >= 15 is 0 Å². The second kappa shape index (κ2) is 5.70. The van der Waals surface area contributed by atoms with Crippen LogP contribution in [0.15, 0.2) is 29.8 Å². The van der Waals surface area contributed by atoms with E-state index in [4.69, 9.17) is 4.98 Å². The zero-order valence-electron chi connectivity index (χ0n) is 12.5. The van der Waals surface area contributed by atoms with E-state index in [1.807, 2.05) is 23.7 Å². The molecule has 0 saturated carbocycles. The molecule has 0 spiro atoms. The summed E-state index contributed by atoms with van der Waals surface area (Å²) in [6, 6.07) is 8.67. The molecule has 0 radical (unpaired) electrons. The summed E-state index contributed by atoms with van der Waals surface area (Å²) < 4.78 is 0. The van der Waals surface area contributed by atoms with Crippen LogP contribution in [0.25, 0.3) is 22.6 Å². The van der Waals surface area contributed by atoms with Gasteiger partial charge in [0.15, 0.2) is 5.82 Å². The molecule has 1 aliphatic rings. The number of hydrogen-bond donors (Lipinski definition) is 2. The number of aromatic amines is 1. The highest BCUT2D eigenvalue weighted by atomic mass is 32.1. The lowest BCUT2D eigenvalue weighted by atomic mass is 10.1. The first kappa shape index (κ1) is 13.7. The number of aromatic nitrogens is 3. The van der Waals surface area contributed by atoms with Gasteiger partial charge in [0, 0.05) is 25.7 Å². The van der Waals surface area contributed by atoms with Crippen molar-refractivity contribution in [3.63, 3.8) is 0 Å². The minimum atomic E-state index is 0.555. The van der Waals surface area contributed by atoms with Gasteiger partial charge < -0.3 is 15.2 Å². The van der Waals surface area contributed by atoms with Crippen molar-refractivity contribution in [2.24, 2.45) is 0 Å². The number of imidazole rings is 1. The predicted octanol–water partition coefficient (Wildman–Crippen LogP) is 2.87. The SMILES string of the molecule is CC[C@@H]1CN(c2scnc2-c2nc3ccccc3[nH]2)CCN1. The smallest absolute Gasteiger partial charge is 0.160 e. The molecule has 1 atom stereocenters. The Morgan fingerprint density at radius 1 is 1.36 bits per heavy atom. The number of H-pyrrole nitrogens is 1. The number of piperazine rings is 1. The molecule has 22 heavy (non-hydrogen) atoms. The van der Waals surface area contributed by atoms with Crippen molar-refractivity contribution < 1.29 is 0 Å². The maximum Gasteiger partial charge on any atom is 0.160 e. The van der Waals surface area contributed by atoms with Gasteiger partial charge in [0.25, 0.3) is 0 Å². The Labute approximate surface area is 133 Å². The van der Waals surface area contributed by atoms with Gasteiger partial charge in [-0.3, -0.25) is 0 Å². The van der Waals surface area contributed by atoms with E-state index in [-0.39, 0.29) is 0 Å². The van der Waals surface area contributed by atoms with Gasteiger partial charge in [-0.15, -0.1) is 11.3 Å². The highest BCUT2D eigenvalue weighted by Crippen LogP contribution is 2.33. The fourth-order valence-corrected chi connectivity index (χ4v) is 3.81. The van der Waals surface area contributed by atoms with Gasteiger partial charge in [0.2, 0.25) is 0 Å². The third-order valence-corrected chi connectivity index (χ3v) is 5.08. The molecule has 0 bridgehead atoms. The van der Waals surface area contributed by atoms with Crippen LogP contribution in [0.5, 0.6) is 0 Å². The minimum absolute atomic E-state index is 0.555. The molecule has 2 aromatic heterocycles. The summed E-state index contributed by atoms with van der Waals surface area (Å²) in [6.07, 6.45) is 1.15. The summed E-state index contributed by atoms with van der Waals surface area (Å²) in [5.74, 6) is 0.865. The van der Waals surface area contributed by atoms with E-state index in [1.165, 1.54) is 5.00 Å². The van der Waals surface area contributed by atoms with E-state index in [0.29, 0.717) is 6.04 Å². The zero-order valence-corrected chi connectivity index (χ0v) is 13.4. The van der Waals surface area contributed by atoms with Gasteiger partial charge in [-0.25, -0.2) is 9.97 Å². The van der Waals surface area contributed by atoms with Gasteiger partial charge in [-0.1, -0.05) is 19.1 Å². The molecule has 0 unspecified atom stereocenters. The normalized spacial score (nSPS) is 19.0. The molecule has 114 valence electrons. The lowest BCUT2D eigenvalue weighted by Gasteiger charge is -2.34. The van der Waals surface area contributed by atoms with Crippen molar-refractivity contribution in [1.82, 2.24) is 20.3 Å². The third kappa shape index (κ3) is 2.38. The summed E-state index contributed by atoms with van der Waals surface area (Å²) in [5, 5.41) is 4.78. The fraction of sp³-hybridized carbons (Fsp3) is 0.375. The first-order chi connectivity index (χ1) is 10.8. The molecular weight excluding hydrogens is 294 g/mol. The lowest BCUT2D eigenvalue weighted by molar-refractivity contribution is 0.448. The van der Waals surface area contributed by atoms with Crippen LogP contribution in [0.1, 0.15) is 13.3 Å². The second-order valence-corrected chi connectivity index (χ2v) is 6.45. The standard InChI is InChI=1S/C16H19N5S/c1-2-11-9-21(8-7-17-11)16-14(18-10-22-16)15-19-12-5-3-4-6-13(12)20-15/h3-6,10-11,17H,2,7-9H2,1H3,(H,19,20)/t11-/m1/s1. The predicted molar refractivity (Wildman–Crippen MR) is 91.5 cm³/mol. The molecule has 2 N–H and O–H groups in total. The first-order valence-electron chi connectivity index (χ1n) is 7.72. The quantitative estimate of drug-likeness (QED) is 0.780. The van der Waals surface area contributed by atoms with Crippen molar-refractivity contribution in [2.75, 3.05) is 24.5 Å². The van der Waals surface area contributed by atoms with Crippen LogP contribution >= 0.6 is 11.3 Å². The second-order valence-electron chi connectivity index (χ2n) is 5.61. The van der Waals surface area contributed by atoms with Crippen LogP contribution in [0.4, 0.5) is 5.00 Å². The van der Waals surface area contributed by atoms with E-state index in [1.54, 1.807) is 11.3 Å². The molecular formula is C16H19N5S. The Kier molecular flexibility index (Phi) is 3.56. The maximum absolute atomic E-state index is 4.70. The monoisotopic (exact) mass is 313 g/mol. The number of nitrogens with one attached hydrogen (secondary N) is 2. The Balaban J connectivity index is 1.70. The third-order valence-electron chi connectivity index (χ3n) is 4.20. The van der Waals surface area contributed by atoms with E-state index in [9.17, 15) is 0 Å². The number of nitrogens with zero attached hydrogens (tertiary/aromatic N) is 3. The van der Waals surface area contributed by atoms with E-state index in [0.717, 1.165) is 48.6 Å². The van der Waals surface area contributed by atoms with Gasteiger partial charge in [-0.2, -0.15) is 0 Å². The van der Waals surface area contributed by atoms with Crippen molar-refractivity contribution in [1.29, 1.82) is 0 Å². The number of fused-ring (bicyclic) bond motifs is 1. The molecule has 1 aliphatic heterocycles. The van der Waals surface area contributed by atoms with E-state index < -0.39 is 0 Å². The van der Waals surface area contributed by atoms with Gasteiger partial charge in [-0.05, 0) is 18.6 Å². The molecule has 1 fully saturated rings. The summed E-state index contributed by atoms with van der Waals surface area (Å²) in [5.41, 5.74) is 4.94. The van der Waals surface area contributed by atoms with E-state index in [2.05, 4.69) is 33.2 Å². The molecule has 6 heteroatoms. The molecule has 4 rings (SSSR count). The Morgan fingerprint density at radius 3 is 3.14 bits per heavy atom. The molecule has 1 saturated heterocycles. The minimum Gasteiger partial charge on any atom is -0.359 e. The lowest BCUT2D eigenvalue weighted by Crippen LogP contribution is -2.50. The van der Waals surface area contributed by atoms with Gasteiger partial charge in [0.05, 0.1) is 16.5 Å². The molecule has 1 aromatic carbocycles. The molecule has 3 heterocycles. The Bertz CT molecular complexity index is 745. The first-order valence-corrected chi connectivity index (χ1v) is 8.60. The van der Waals surface area contributed by atoms with Gasteiger partial charge in [0.1, 0.15) is 10.7 Å². The number of rotatable bonds is 3. The Hall–Kier alpha value is -1.92. The molecule has 0 amide bonds. The van der Waals surface area contributed by atoms with Crippen molar-refractivity contribution >= 4 is 27.4 Å². The number of thiazole rings is 1. The number of hydrogen-bond acceptors (Lipinski definition) is 5. The number of para-hydroxylation sites is 2. The summed E-state index contributed by atoms with van der Waals surface area (Å²) in [7, 11) is 0. The van der Waals surface area contributed by atoms with Crippen LogP contribution in [-0.4, -0.2) is 40.6 Å². The number of anilines is 1. The van der Waals surface area contributed by atoms with Crippen LogP contribution in [0.3, 0.4) is 0 Å². The van der Waals surface area contributed by atoms with Gasteiger partial charge >= 0.3 is 0 Å². The van der Waals surface area contributed by atoms with Crippen LogP contribution in [0, 0.1) is 0 Å². The summed E-state index contributed by atoms with van der Waals surface area (Å²) >= 11 is 1.70. The highest BCUT2D eigenvalue weighted by Gasteiger charge is 2.23. The molecule has 0 aliphatic carbocycles. The van der Waals surface area contributed by atoms with Crippen molar-refractivity contribution in [3.05, 3.63) is 29.8 Å². The van der Waals surface area contributed by atoms with Crippen molar-refractivity contribution in [3.8, 4) is 11.5 Å². The average molecular weight is 313 g/mol. The zero-order chi connectivity index (χ0) is 14.9. The topological polar surface area (TPSA) is 56.8 Å². The fourth-order valence-electron chi connectivity index (χ4n) is 2.98. The van der Waals surface area contributed by atoms with Crippen LogP contribution < -0.4 is 10.2 Å². The van der Waals surface area contributed by atoms with Crippen LogP contribution in [-0.2, 0) is 0 Å². The Morgan fingerprint density at radius 2 is 2.27 bits per heavy atom. The highest BCUT2D eigenvalue weighted by molar-refractivity contribution is 7.14. The van der Waals surface area contributed by atoms with Crippen molar-refractivity contribution in [2.45, 2.75) is 19.4 Å².